The summed E-state index contributed by atoms with van der Waals surface area (Å²) in [6, 6.07) is 72.0. The summed E-state index contributed by atoms with van der Waals surface area (Å²) in [5, 5.41) is 1.98. The molecule has 2 aliphatic carbocycles. The summed E-state index contributed by atoms with van der Waals surface area (Å²) in [5.41, 5.74) is 21.9. The fraction of sp³-hybridized carbons (Fsp3) is 0.0952. The van der Waals surface area contributed by atoms with Crippen LogP contribution in [0.4, 0.5) is 0 Å². The zero-order valence-electron chi connectivity index (χ0n) is 37.8. The molecular formula is C63H45N3O. The number of aromatic nitrogens is 3. The van der Waals surface area contributed by atoms with E-state index in [2.05, 4.69) is 155 Å². The smallest absolute Gasteiger partial charge is 0.164 e. The number of furan rings is 1. The van der Waals surface area contributed by atoms with Gasteiger partial charge in [-0.3, -0.25) is 0 Å². The van der Waals surface area contributed by atoms with Crippen LogP contribution < -0.4 is 0 Å². The highest BCUT2D eigenvalue weighted by atomic mass is 16.3. The van der Waals surface area contributed by atoms with E-state index in [4.69, 9.17) is 19.4 Å². The average Bonchev–Trinajstić information content (AvgIpc) is 3.95. The van der Waals surface area contributed by atoms with Crippen molar-refractivity contribution in [1.82, 2.24) is 15.0 Å². The first-order valence-corrected chi connectivity index (χ1v) is 23.2. The molecule has 0 saturated carbocycles. The van der Waals surface area contributed by atoms with Crippen LogP contribution in [0.5, 0.6) is 0 Å². The Kier molecular flexibility index (Phi) is 8.57. The van der Waals surface area contributed by atoms with Gasteiger partial charge in [0.25, 0.3) is 0 Å². The predicted molar refractivity (Wildman–Crippen MR) is 275 cm³/mol. The van der Waals surface area contributed by atoms with Crippen LogP contribution in [0.2, 0.25) is 0 Å². The first-order valence-electron chi connectivity index (χ1n) is 23.2. The summed E-state index contributed by atoms with van der Waals surface area (Å²) < 4.78 is 6.63. The van der Waals surface area contributed by atoms with Gasteiger partial charge in [-0.1, -0.05) is 179 Å². The van der Waals surface area contributed by atoms with E-state index in [9.17, 15) is 0 Å². The summed E-state index contributed by atoms with van der Waals surface area (Å²) in [4.78, 5) is 15.3. The van der Waals surface area contributed by atoms with Crippen molar-refractivity contribution in [3.8, 4) is 89.8 Å². The predicted octanol–water partition coefficient (Wildman–Crippen LogP) is 16.4. The molecule has 318 valence electrons. The largest absolute Gasteiger partial charge is 0.456 e. The molecule has 13 rings (SSSR count). The number of hydrogen-bond donors (Lipinski definition) is 0. The summed E-state index contributed by atoms with van der Waals surface area (Å²) >= 11 is 0. The Labute approximate surface area is 390 Å². The third kappa shape index (κ3) is 6.17. The molecule has 4 heteroatoms. The monoisotopic (exact) mass is 859 g/mol. The van der Waals surface area contributed by atoms with E-state index < -0.39 is 0 Å². The molecule has 0 saturated heterocycles. The summed E-state index contributed by atoms with van der Waals surface area (Å²) in [6.07, 6.45) is 0. The fourth-order valence-corrected chi connectivity index (χ4v) is 11.0. The molecule has 9 aromatic carbocycles. The van der Waals surface area contributed by atoms with Crippen molar-refractivity contribution in [1.29, 1.82) is 0 Å². The minimum absolute atomic E-state index is 0.115. The van der Waals surface area contributed by atoms with Gasteiger partial charge in [0.05, 0.1) is 0 Å². The molecule has 2 aromatic heterocycles. The normalized spacial score (nSPS) is 13.9. The lowest BCUT2D eigenvalue weighted by Crippen LogP contribution is -2.15. The maximum Gasteiger partial charge on any atom is 0.164 e. The van der Waals surface area contributed by atoms with E-state index >= 15 is 0 Å². The summed E-state index contributed by atoms with van der Waals surface area (Å²) in [7, 11) is 0. The third-order valence-electron chi connectivity index (χ3n) is 14.5. The number of benzene rings is 9. The average molecular weight is 860 g/mol. The minimum Gasteiger partial charge on any atom is -0.456 e. The topological polar surface area (TPSA) is 51.8 Å². The van der Waals surface area contributed by atoms with Gasteiger partial charge in [-0.25, -0.2) is 15.0 Å². The molecule has 2 aliphatic rings. The molecule has 0 amide bonds. The molecule has 0 spiro atoms. The number of nitrogens with zero attached hydrogens (tertiary/aromatic N) is 3. The van der Waals surface area contributed by atoms with E-state index in [1.807, 2.05) is 72.8 Å². The van der Waals surface area contributed by atoms with Crippen LogP contribution in [-0.2, 0) is 10.8 Å². The standard InChI is InChI=1S/C63H45N3O/c1-62(2)52-23-13-11-20-46(52)48-29-26-41(36-54(48)62)44-32-43(33-45(34-44)42-27-30-49-47-21-12-14-24-53(47)63(3,4)55(49)37-42)40-28-31-56-51(35-40)58-50(22-15-25-57(58)67-56)61-65-59(38-16-7-5-8-17-38)64-60(66-61)39-18-9-6-10-19-39/h5-37H,1-4H3. The molecule has 0 fully saturated rings. The molecule has 0 radical (unpaired) electrons. The van der Waals surface area contributed by atoms with Gasteiger partial charge in [-0.15, -0.1) is 0 Å². The van der Waals surface area contributed by atoms with Crippen molar-refractivity contribution in [2.24, 2.45) is 0 Å². The summed E-state index contributed by atoms with van der Waals surface area (Å²) in [5.74, 6) is 1.84. The maximum atomic E-state index is 6.63. The summed E-state index contributed by atoms with van der Waals surface area (Å²) in [6.45, 7) is 9.42. The molecule has 0 unspecified atom stereocenters. The van der Waals surface area contributed by atoms with Gasteiger partial charge in [0.15, 0.2) is 17.5 Å². The van der Waals surface area contributed by atoms with Gasteiger partial charge in [0.2, 0.25) is 0 Å². The van der Waals surface area contributed by atoms with Gasteiger partial charge in [0.1, 0.15) is 11.2 Å². The van der Waals surface area contributed by atoms with Gasteiger partial charge in [-0.05, 0) is 126 Å². The van der Waals surface area contributed by atoms with Crippen LogP contribution in [0.3, 0.4) is 0 Å². The molecular weight excluding hydrogens is 815 g/mol. The van der Waals surface area contributed by atoms with Crippen LogP contribution in [0.25, 0.3) is 112 Å². The molecule has 0 atom stereocenters. The van der Waals surface area contributed by atoms with Crippen molar-refractivity contribution in [2.45, 2.75) is 38.5 Å². The van der Waals surface area contributed by atoms with Crippen molar-refractivity contribution in [3.63, 3.8) is 0 Å². The number of rotatable bonds is 6. The second-order valence-electron chi connectivity index (χ2n) is 19.2. The molecule has 4 nitrogen and oxygen atoms in total. The molecule has 11 aromatic rings. The Morgan fingerprint density at radius 3 is 1.27 bits per heavy atom. The molecule has 0 aliphatic heterocycles. The van der Waals surface area contributed by atoms with E-state index in [0.717, 1.165) is 49.8 Å². The lowest BCUT2D eigenvalue weighted by atomic mass is 9.81. The SMILES string of the molecule is CC1(C)c2ccccc2-c2ccc(-c3cc(-c4ccc5c(c4)C(C)(C)c4ccccc4-5)cc(-c4ccc5oc6cccc(-c7nc(-c8ccccc8)nc(-c8ccccc8)n7)c6c5c4)c3)cc21. The van der Waals surface area contributed by atoms with Crippen molar-refractivity contribution in [2.75, 3.05) is 0 Å². The third-order valence-corrected chi connectivity index (χ3v) is 14.5. The second-order valence-corrected chi connectivity index (χ2v) is 19.2. The number of hydrogen-bond acceptors (Lipinski definition) is 4. The Hall–Kier alpha value is -8.21. The van der Waals surface area contributed by atoms with Gasteiger partial charge >= 0.3 is 0 Å². The lowest BCUT2D eigenvalue weighted by molar-refractivity contribution is 0.660. The Morgan fingerprint density at radius 1 is 0.299 bits per heavy atom. The van der Waals surface area contributed by atoms with E-state index in [1.54, 1.807) is 0 Å². The first-order chi connectivity index (χ1) is 32.7. The zero-order chi connectivity index (χ0) is 45.0. The number of fused-ring (bicyclic) bond motifs is 9. The van der Waals surface area contributed by atoms with Gasteiger partial charge in [-0.2, -0.15) is 0 Å². The van der Waals surface area contributed by atoms with Crippen LogP contribution in [0.15, 0.2) is 205 Å². The lowest BCUT2D eigenvalue weighted by Gasteiger charge is -2.22. The molecule has 0 N–H and O–H groups in total. The maximum absolute atomic E-state index is 6.63. The molecule has 0 bridgehead atoms. The quantitative estimate of drug-likeness (QED) is 0.167. The van der Waals surface area contributed by atoms with Crippen molar-refractivity contribution >= 4 is 21.9 Å². The highest BCUT2D eigenvalue weighted by molar-refractivity contribution is 6.13. The molecule has 2 heterocycles. The van der Waals surface area contributed by atoms with Gasteiger partial charge < -0.3 is 4.42 Å². The Bertz CT molecular complexity index is 3620. The minimum atomic E-state index is -0.115. The van der Waals surface area contributed by atoms with E-state index in [-0.39, 0.29) is 10.8 Å². The van der Waals surface area contributed by atoms with Crippen LogP contribution in [0.1, 0.15) is 49.9 Å². The highest BCUT2D eigenvalue weighted by Crippen LogP contribution is 2.52. The van der Waals surface area contributed by atoms with Crippen LogP contribution in [-0.4, -0.2) is 15.0 Å². The Balaban J connectivity index is 0.997. The second kappa shape index (κ2) is 14.7. The Morgan fingerprint density at radius 2 is 0.731 bits per heavy atom. The van der Waals surface area contributed by atoms with Crippen LogP contribution >= 0.6 is 0 Å². The zero-order valence-corrected chi connectivity index (χ0v) is 37.8. The van der Waals surface area contributed by atoms with E-state index in [1.165, 1.54) is 66.8 Å². The van der Waals surface area contributed by atoms with E-state index in [0.29, 0.717) is 17.5 Å². The van der Waals surface area contributed by atoms with Crippen LogP contribution in [0, 0.1) is 0 Å². The van der Waals surface area contributed by atoms with Gasteiger partial charge in [0, 0.05) is 38.3 Å². The fourth-order valence-electron chi connectivity index (χ4n) is 11.0. The highest BCUT2D eigenvalue weighted by Gasteiger charge is 2.36. The molecule has 67 heavy (non-hydrogen) atoms. The first kappa shape index (κ1) is 39.2. The van der Waals surface area contributed by atoms with Crippen molar-refractivity contribution < 1.29 is 4.42 Å². The van der Waals surface area contributed by atoms with Crippen molar-refractivity contribution in [3.05, 3.63) is 222 Å².